The molecule has 0 fully saturated rings. The van der Waals surface area contributed by atoms with E-state index in [4.69, 9.17) is 0 Å². The van der Waals surface area contributed by atoms with Crippen LogP contribution in [0.3, 0.4) is 0 Å². The molecule has 0 aliphatic rings. The van der Waals surface area contributed by atoms with Gasteiger partial charge in [0.15, 0.2) is 0 Å². The van der Waals surface area contributed by atoms with Gasteiger partial charge in [0, 0.05) is 38.2 Å². The summed E-state index contributed by atoms with van der Waals surface area (Å²) >= 11 is 0. The van der Waals surface area contributed by atoms with Gasteiger partial charge in [0.1, 0.15) is 5.56 Å². The fourth-order valence-electron chi connectivity index (χ4n) is 2.57. The lowest BCUT2D eigenvalue weighted by atomic mass is 10.1. The zero-order chi connectivity index (χ0) is 18.6. The van der Waals surface area contributed by atoms with Gasteiger partial charge in [0.2, 0.25) is 0 Å². The second kappa shape index (κ2) is 8.01. The van der Waals surface area contributed by atoms with Gasteiger partial charge in [-0.15, -0.1) is 0 Å². The standard InChI is InChI=1S/C20H27N3O2/c1-14(2)9-11-23-12-10-15(3)18(20(23)25)19(24)21-16-7-6-8-17(13-16)22(4)5/h6-8,10,12-14H,9,11H2,1-5H3,(H,21,24). The van der Waals surface area contributed by atoms with Crippen LogP contribution in [0.15, 0.2) is 41.3 Å². The molecular formula is C20H27N3O2. The zero-order valence-electron chi connectivity index (χ0n) is 15.7. The molecule has 0 aliphatic carbocycles. The summed E-state index contributed by atoms with van der Waals surface area (Å²) in [4.78, 5) is 27.4. The lowest BCUT2D eigenvalue weighted by Gasteiger charge is -2.15. The molecule has 5 nitrogen and oxygen atoms in total. The smallest absolute Gasteiger partial charge is 0.263 e. The van der Waals surface area contributed by atoms with E-state index in [2.05, 4.69) is 19.2 Å². The van der Waals surface area contributed by atoms with Crippen molar-refractivity contribution < 1.29 is 4.79 Å². The van der Waals surface area contributed by atoms with E-state index in [0.29, 0.717) is 23.7 Å². The Hall–Kier alpha value is -2.56. The highest BCUT2D eigenvalue weighted by Crippen LogP contribution is 2.18. The highest BCUT2D eigenvalue weighted by atomic mass is 16.2. The Morgan fingerprint density at radius 3 is 2.60 bits per heavy atom. The van der Waals surface area contributed by atoms with Crippen LogP contribution in [0.1, 0.15) is 36.2 Å². The van der Waals surface area contributed by atoms with Crippen LogP contribution < -0.4 is 15.8 Å². The van der Waals surface area contributed by atoms with Crippen molar-refractivity contribution in [2.24, 2.45) is 5.92 Å². The fourth-order valence-corrected chi connectivity index (χ4v) is 2.57. The Balaban J connectivity index is 2.28. The molecule has 0 bridgehead atoms. The fraction of sp³-hybridized carbons (Fsp3) is 0.400. The molecule has 0 aliphatic heterocycles. The van der Waals surface area contributed by atoms with Crippen molar-refractivity contribution in [1.29, 1.82) is 0 Å². The predicted molar refractivity (Wildman–Crippen MR) is 104 cm³/mol. The highest BCUT2D eigenvalue weighted by Gasteiger charge is 2.16. The Kier molecular flexibility index (Phi) is 6.02. The van der Waals surface area contributed by atoms with Crippen molar-refractivity contribution in [3.63, 3.8) is 0 Å². The van der Waals surface area contributed by atoms with E-state index in [9.17, 15) is 9.59 Å². The molecule has 0 spiro atoms. The monoisotopic (exact) mass is 341 g/mol. The van der Waals surface area contributed by atoms with Crippen molar-refractivity contribution in [2.75, 3.05) is 24.3 Å². The van der Waals surface area contributed by atoms with Crippen molar-refractivity contribution in [3.8, 4) is 0 Å². The third-order valence-electron chi connectivity index (χ3n) is 4.17. The Labute approximate surface area is 149 Å². The largest absolute Gasteiger partial charge is 0.378 e. The molecule has 0 saturated heterocycles. The Morgan fingerprint density at radius 1 is 1.24 bits per heavy atom. The van der Waals surface area contributed by atoms with Crippen molar-refractivity contribution >= 4 is 17.3 Å². The maximum absolute atomic E-state index is 12.7. The number of nitrogens with one attached hydrogen (secondary N) is 1. The molecule has 2 rings (SSSR count). The van der Waals surface area contributed by atoms with E-state index in [1.54, 1.807) is 17.7 Å². The number of benzene rings is 1. The van der Waals surface area contributed by atoms with Gasteiger partial charge in [-0.1, -0.05) is 19.9 Å². The van der Waals surface area contributed by atoms with Crippen molar-refractivity contribution in [3.05, 3.63) is 58.0 Å². The van der Waals surface area contributed by atoms with E-state index in [0.717, 1.165) is 12.1 Å². The number of hydrogen-bond donors (Lipinski definition) is 1. The van der Waals surface area contributed by atoms with Crippen LogP contribution in [0.4, 0.5) is 11.4 Å². The minimum Gasteiger partial charge on any atom is -0.378 e. The molecule has 5 heteroatoms. The molecule has 0 atom stereocenters. The summed E-state index contributed by atoms with van der Waals surface area (Å²) in [5.41, 5.74) is 2.32. The van der Waals surface area contributed by atoms with Crippen LogP contribution in [0.5, 0.6) is 0 Å². The first-order valence-corrected chi connectivity index (χ1v) is 8.58. The number of amides is 1. The van der Waals surface area contributed by atoms with Gasteiger partial charge in [-0.25, -0.2) is 0 Å². The zero-order valence-corrected chi connectivity index (χ0v) is 15.7. The van der Waals surface area contributed by atoms with E-state index in [1.165, 1.54) is 0 Å². The summed E-state index contributed by atoms with van der Waals surface area (Å²) < 4.78 is 1.62. The molecule has 25 heavy (non-hydrogen) atoms. The molecule has 0 unspecified atom stereocenters. The summed E-state index contributed by atoms with van der Waals surface area (Å²) in [6, 6.07) is 9.37. The summed E-state index contributed by atoms with van der Waals surface area (Å²) in [6.45, 7) is 6.64. The minimum absolute atomic E-state index is 0.210. The SMILES string of the molecule is Cc1ccn(CCC(C)C)c(=O)c1C(=O)Nc1cccc(N(C)C)c1. The van der Waals surface area contributed by atoms with E-state index in [-0.39, 0.29) is 17.0 Å². The highest BCUT2D eigenvalue weighted by molar-refractivity contribution is 6.05. The number of nitrogens with zero attached hydrogens (tertiary/aromatic N) is 2. The third-order valence-corrected chi connectivity index (χ3v) is 4.17. The summed E-state index contributed by atoms with van der Waals surface area (Å²) in [5.74, 6) is 0.136. The lowest BCUT2D eigenvalue weighted by molar-refractivity contribution is 0.102. The summed E-state index contributed by atoms with van der Waals surface area (Å²) in [7, 11) is 3.88. The van der Waals surface area contributed by atoms with Gasteiger partial charge >= 0.3 is 0 Å². The third kappa shape index (κ3) is 4.72. The Morgan fingerprint density at radius 2 is 1.96 bits per heavy atom. The second-order valence-corrected chi connectivity index (χ2v) is 6.95. The van der Waals surface area contributed by atoms with Crippen LogP contribution in [0.25, 0.3) is 0 Å². The molecule has 1 amide bonds. The molecule has 0 saturated carbocycles. The molecule has 0 radical (unpaired) electrons. The first-order chi connectivity index (χ1) is 11.8. The van der Waals surface area contributed by atoms with Gasteiger partial charge in [0.05, 0.1) is 0 Å². The van der Waals surface area contributed by atoms with Gasteiger partial charge in [0.25, 0.3) is 11.5 Å². The van der Waals surface area contributed by atoms with Crippen LogP contribution in [0, 0.1) is 12.8 Å². The van der Waals surface area contributed by atoms with Gasteiger partial charge in [-0.05, 0) is 49.1 Å². The minimum atomic E-state index is -0.364. The predicted octanol–water partition coefficient (Wildman–Crippen LogP) is 3.52. The average Bonchev–Trinajstić information content (AvgIpc) is 2.54. The Bertz CT molecular complexity index is 807. The molecule has 1 aromatic heterocycles. The topological polar surface area (TPSA) is 54.3 Å². The van der Waals surface area contributed by atoms with Gasteiger partial charge < -0.3 is 14.8 Å². The number of aromatic nitrogens is 1. The van der Waals surface area contributed by atoms with Crippen molar-refractivity contribution in [2.45, 2.75) is 33.7 Å². The number of rotatable bonds is 6. The van der Waals surface area contributed by atoms with E-state index >= 15 is 0 Å². The van der Waals surface area contributed by atoms with Gasteiger partial charge in [-0.3, -0.25) is 9.59 Å². The number of hydrogen-bond acceptors (Lipinski definition) is 3. The van der Waals surface area contributed by atoms with Crippen molar-refractivity contribution in [1.82, 2.24) is 4.57 Å². The molecule has 1 aromatic carbocycles. The van der Waals surface area contributed by atoms with Crippen LogP contribution in [-0.2, 0) is 6.54 Å². The first kappa shape index (κ1) is 18.8. The maximum atomic E-state index is 12.7. The van der Waals surface area contributed by atoms with Crippen LogP contribution in [0.2, 0.25) is 0 Å². The van der Waals surface area contributed by atoms with Crippen LogP contribution >= 0.6 is 0 Å². The maximum Gasteiger partial charge on any atom is 0.263 e. The van der Waals surface area contributed by atoms with Crippen LogP contribution in [-0.4, -0.2) is 24.6 Å². The first-order valence-electron chi connectivity index (χ1n) is 8.58. The molecule has 1 N–H and O–H groups in total. The van der Waals surface area contributed by atoms with Gasteiger partial charge in [-0.2, -0.15) is 0 Å². The van der Waals surface area contributed by atoms with E-state index < -0.39 is 0 Å². The number of pyridine rings is 1. The van der Waals surface area contributed by atoms with E-state index in [1.807, 2.05) is 49.3 Å². The molecule has 2 aromatic rings. The number of carbonyl (C=O) groups is 1. The second-order valence-electron chi connectivity index (χ2n) is 6.95. The normalized spacial score (nSPS) is 10.8. The summed E-state index contributed by atoms with van der Waals surface area (Å²) in [6.07, 6.45) is 2.67. The molecule has 134 valence electrons. The molecular weight excluding hydrogens is 314 g/mol. The lowest BCUT2D eigenvalue weighted by Crippen LogP contribution is -2.30. The number of anilines is 2. The summed E-state index contributed by atoms with van der Waals surface area (Å²) in [5, 5.41) is 2.85. The quantitative estimate of drug-likeness (QED) is 0.874. The average molecular weight is 341 g/mol. The number of aryl methyl sites for hydroxylation is 2. The molecule has 1 heterocycles. The number of carbonyl (C=O) groups excluding carboxylic acids is 1.